The van der Waals surface area contributed by atoms with Crippen molar-refractivity contribution in [1.29, 1.82) is 0 Å². The van der Waals surface area contributed by atoms with E-state index in [2.05, 4.69) is 0 Å². The van der Waals surface area contributed by atoms with Gasteiger partial charge in [-0.15, -0.1) is 0 Å². The molecule has 1 amide bonds. The van der Waals surface area contributed by atoms with E-state index in [-0.39, 0.29) is 29.7 Å². The summed E-state index contributed by atoms with van der Waals surface area (Å²) in [5.74, 6) is -2.36. The normalized spacial score (nSPS) is 24.3. The summed E-state index contributed by atoms with van der Waals surface area (Å²) in [6.45, 7) is 11.8. The lowest BCUT2D eigenvalue weighted by atomic mass is 9.98. The Labute approximate surface area is 305 Å². The maximum absolute atomic E-state index is 14.0. The Bertz CT molecular complexity index is 1610. The van der Waals surface area contributed by atoms with E-state index < -0.39 is 60.4 Å². The number of carbonyl (C=O) groups is 3. The van der Waals surface area contributed by atoms with Crippen LogP contribution >= 0.6 is 0 Å². The molecule has 0 aromatic heterocycles. The fourth-order valence-electron chi connectivity index (χ4n) is 5.68. The van der Waals surface area contributed by atoms with E-state index >= 15 is 0 Å². The first-order valence-electron chi connectivity index (χ1n) is 17.2. The molecule has 1 N–H and O–H groups in total. The highest BCUT2D eigenvalue weighted by Gasteiger charge is 2.44. The number of carbonyl (C=O) groups excluding carboxylic acids is 2. The number of carboxylic acids is 1. The smallest absolute Gasteiger partial charge is 0.415 e. The number of cyclic esters (lactones) is 1. The summed E-state index contributed by atoms with van der Waals surface area (Å²) in [6.07, 6.45) is 4.72. The zero-order valence-electron chi connectivity index (χ0n) is 31.4. The van der Waals surface area contributed by atoms with Crippen LogP contribution in [0.5, 0.6) is 11.5 Å². The zero-order valence-corrected chi connectivity index (χ0v) is 31.4. The predicted molar refractivity (Wildman–Crippen MR) is 192 cm³/mol. The summed E-state index contributed by atoms with van der Waals surface area (Å²) in [5, 5.41) is 9.74. The van der Waals surface area contributed by atoms with Gasteiger partial charge < -0.3 is 43.0 Å². The second-order valence-corrected chi connectivity index (χ2v) is 14.2. The second-order valence-electron chi connectivity index (χ2n) is 14.2. The summed E-state index contributed by atoms with van der Waals surface area (Å²) in [7, 11) is 3.03. The molecule has 0 radical (unpaired) electrons. The average molecular weight is 726 g/mol. The summed E-state index contributed by atoms with van der Waals surface area (Å²) in [5.41, 5.74) is 0.530. The molecule has 0 aliphatic carbocycles. The Morgan fingerprint density at radius 2 is 1.75 bits per heavy atom. The Morgan fingerprint density at radius 3 is 2.38 bits per heavy atom. The highest BCUT2D eigenvalue weighted by molar-refractivity contribution is 6.00. The van der Waals surface area contributed by atoms with E-state index in [1.54, 1.807) is 40.9 Å². The first kappa shape index (κ1) is 40.3. The highest BCUT2D eigenvalue weighted by atomic mass is 16.8. The maximum atomic E-state index is 14.0. The molecule has 2 aliphatic rings. The molecule has 0 saturated carbocycles. The monoisotopic (exact) mass is 725 g/mol. The fourth-order valence-corrected chi connectivity index (χ4v) is 5.68. The molecule has 1 fully saturated rings. The first-order chi connectivity index (χ1) is 24.5. The third kappa shape index (κ3) is 11.0. The van der Waals surface area contributed by atoms with Crippen molar-refractivity contribution in [2.75, 3.05) is 32.5 Å². The van der Waals surface area contributed by atoms with Crippen LogP contribution in [-0.2, 0) is 39.8 Å². The van der Waals surface area contributed by atoms with Gasteiger partial charge in [0.25, 0.3) is 0 Å². The van der Waals surface area contributed by atoms with Crippen LogP contribution in [0.15, 0.2) is 54.6 Å². The Kier molecular flexibility index (Phi) is 13.5. The quantitative estimate of drug-likeness (QED) is 0.157. The van der Waals surface area contributed by atoms with Crippen LogP contribution < -0.4 is 14.4 Å². The summed E-state index contributed by atoms with van der Waals surface area (Å²) in [4.78, 5) is 40.2. The number of benzene rings is 2. The molecule has 1 saturated heterocycles. The molecule has 52 heavy (non-hydrogen) atoms. The average Bonchev–Trinajstić information content (AvgIpc) is 3.38. The Morgan fingerprint density at radius 1 is 1.04 bits per heavy atom. The first-order valence-corrected chi connectivity index (χ1v) is 17.2. The number of hydrogen-bond acceptors (Lipinski definition) is 11. The number of fused-ring (bicyclic) bond motifs is 2. The van der Waals surface area contributed by atoms with Crippen LogP contribution in [0.1, 0.15) is 76.4 Å². The standard InChI is InChI=1S/C39H51NO12/c1-24-13-18-30(47-22-26-14-16-29(46-9)17-15-26)35-31(50-39(6,7)51-35)12-10-11-27-19-28(40(21-33(41)42)37(44)52-38(3,4)5)20-32(48-23-45-8)34(27)36(43)49-25(24)2/h10-11,13-20,24-25,30-31,35H,12,21-23H2,1-9H3,(H,41,42)/b11-10+,18-13-/t24-,25+,30-,31+,35-/m1/s1. The van der Waals surface area contributed by atoms with Gasteiger partial charge in [0.15, 0.2) is 12.6 Å². The molecular formula is C39H51NO12. The minimum Gasteiger partial charge on any atom is -0.497 e. The van der Waals surface area contributed by atoms with Crippen LogP contribution in [0, 0.1) is 5.92 Å². The molecule has 0 bridgehead atoms. The summed E-state index contributed by atoms with van der Waals surface area (Å²) < 4.78 is 47.1. The molecule has 4 rings (SSSR count). The van der Waals surface area contributed by atoms with Gasteiger partial charge in [-0.25, -0.2) is 9.59 Å². The predicted octanol–water partition coefficient (Wildman–Crippen LogP) is 6.76. The molecular weight excluding hydrogens is 674 g/mol. The molecule has 2 heterocycles. The zero-order chi connectivity index (χ0) is 38.2. The van der Waals surface area contributed by atoms with Gasteiger partial charge in [0.2, 0.25) is 0 Å². The SMILES string of the molecule is COCOc1cc(N(CC(=O)O)C(=O)OC(C)(C)C)cc2c1C(=O)O[C@@H](C)[C@H](C)/C=C\[C@@H](OCc1ccc(OC)cc1)[C@H]1OC(C)(C)O[C@H]1C/C=C/2. The molecule has 2 aromatic carbocycles. The number of carboxylic acid groups (broad SMARTS) is 1. The van der Waals surface area contributed by atoms with Crippen molar-refractivity contribution in [3.63, 3.8) is 0 Å². The second kappa shape index (κ2) is 17.4. The lowest BCUT2D eigenvalue weighted by Crippen LogP contribution is -2.40. The number of rotatable bonds is 10. The highest BCUT2D eigenvalue weighted by Crippen LogP contribution is 2.36. The van der Waals surface area contributed by atoms with Crippen molar-refractivity contribution in [1.82, 2.24) is 0 Å². The topological polar surface area (TPSA) is 149 Å². The van der Waals surface area contributed by atoms with Crippen LogP contribution in [0.25, 0.3) is 6.08 Å². The van der Waals surface area contributed by atoms with Gasteiger partial charge in [0.1, 0.15) is 47.5 Å². The number of hydrogen-bond donors (Lipinski definition) is 1. The van der Waals surface area contributed by atoms with Gasteiger partial charge in [-0.2, -0.15) is 0 Å². The molecule has 5 atom stereocenters. The largest absolute Gasteiger partial charge is 0.497 e. The number of ether oxygens (including phenoxy) is 8. The van der Waals surface area contributed by atoms with Crippen LogP contribution in [0.4, 0.5) is 10.5 Å². The van der Waals surface area contributed by atoms with Crippen molar-refractivity contribution >= 4 is 29.8 Å². The lowest BCUT2D eigenvalue weighted by Gasteiger charge is -2.28. The maximum Gasteiger partial charge on any atom is 0.415 e. The number of esters is 1. The Balaban J connectivity index is 1.79. The summed E-state index contributed by atoms with van der Waals surface area (Å²) in [6, 6.07) is 10.5. The van der Waals surface area contributed by atoms with Crippen molar-refractivity contribution in [3.8, 4) is 11.5 Å². The van der Waals surface area contributed by atoms with Crippen LogP contribution in [-0.4, -0.2) is 86.5 Å². The molecule has 13 heteroatoms. The third-order valence-corrected chi connectivity index (χ3v) is 8.32. The Hall–Kier alpha value is -4.43. The van der Waals surface area contributed by atoms with Gasteiger partial charge in [-0.3, -0.25) is 9.69 Å². The van der Waals surface area contributed by atoms with Crippen molar-refractivity contribution in [2.24, 2.45) is 5.92 Å². The number of aliphatic carboxylic acids is 1. The minimum absolute atomic E-state index is 0.0249. The molecule has 2 aromatic rings. The molecule has 13 nitrogen and oxygen atoms in total. The van der Waals surface area contributed by atoms with Gasteiger partial charge in [-0.05, 0) is 77.3 Å². The van der Waals surface area contributed by atoms with Gasteiger partial charge in [-0.1, -0.05) is 43.4 Å². The molecule has 0 spiro atoms. The number of amides is 1. The summed E-state index contributed by atoms with van der Waals surface area (Å²) >= 11 is 0. The van der Waals surface area contributed by atoms with E-state index in [0.717, 1.165) is 16.2 Å². The fraction of sp³-hybridized carbons (Fsp3) is 0.513. The number of methoxy groups -OCH3 is 2. The van der Waals surface area contributed by atoms with Gasteiger partial charge in [0.05, 0.1) is 25.5 Å². The van der Waals surface area contributed by atoms with Gasteiger partial charge >= 0.3 is 18.0 Å². The van der Waals surface area contributed by atoms with E-state index in [1.165, 1.54) is 19.2 Å². The van der Waals surface area contributed by atoms with E-state index in [4.69, 9.17) is 37.9 Å². The van der Waals surface area contributed by atoms with Crippen molar-refractivity contribution < 1.29 is 57.4 Å². The van der Waals surface area contributed by atoms with E-state index in [1.807, 2.05) is 63.3 Å². The van der Waals surface area contributed by atoms with Crippen molar-refractivity contribution in [2.45, 2.75) is 97.3 Å². The van der Waals surface area contributed by atoms with E-state index in [0.29, 0.717) is 18.6 Å². The van der Waals surface area contributed by atoms with E-state index in [9.17, 15) is 19.5 Å². The van der Waals surface area contributed by atoms with Crippen LogP contribution in [0.2, 0.25) is 0 Å². The van der Waals surface area contributed by atoms with Crippen molar-refractivity contribution in [3.05, 3.63) is 71.3 Å². The minimum atomic E-state index is -1.27. The number of anilines is 1. The number of nitrogens with zero attached hydrogens (tertiary/aromatic N) is 1. The third-order valence-electron chi connectivity index (χ3n) is 8.32. The lowest BCUT2D eigenvalue weighted by molar-refractivity contribution is -0.156. The van der Waals surface area contributed by atoms with Gasteiger partial charge in [0, 0.05) is 19.1 Å². The molecule has 2 aliphatic heterocycles. The molecule has 0 unspecified atom stereocenters. The molecule has 284 valence electrons. The van der Waals surface area contributed by atoms with Crippen LogP contribution in [0.3, 0.4) is 0 Å².